The lowest BCUT2D eigenvalue weighted by Gasteiger charge is -2.21. The number of carbonyl (C=O) groups is 1. The van der Waals surface area contributed by atoms with Gasteiger partial charge in [-0.25, -0.2) is 0 Å². The van der Waals surface area contributed by atoms with Crippen molar-refractivity contribution in [3.63, 3.8) is 0 Å². The first kappa shape index (κ1) is 19.0. The van der Waals surface area contributed by atoms with Crippen LogP contribution in [0.1, 0.15) is 44.4 Å². The normalized spacial score (nSPS) is 13.1. The van der Waals surface area contributed by atoms with Crippen LogP contribution in [0.3, 0.4) is 0 Å². The van der Waals surface area contributed by atoms with E-state index in [1.165, 1.54) is 5.56 Å². The number of fused-ring (bicyclic) bond motifs is 1. The predicted molar refractivity (Wildman–Crippen MR) is 111 cm³/mol. The van der Waals surface area contributed by atoms with Crippen LogP contribution in [0, 0.1) is 0 Å². The summed E-state index contributed by atoms with van der Waals surface area (Å²) in [7, 11) is 0. The van der Waals surface area contributed by atoms with E-state index in [4.69, 9.17) is 4.74 Å². The molecule has 0 aromatic heterocycles. The van der Waals surface area contributed by atoms with Crippen LogP contribution >= 0.6 is 0 Å². The average Bonchev–Trinajstić information content (AvgIpc) is 2.72. The van der Waals surface area contributed by atoms with Crippen molar-refractivity contribution < 1.29 is 9.53 Å². The van der Waals surface area contributed by atoms with Gasteiger partial charge in [-0.3, -0.25) is 4.79 Å². The van der Waals surface area contributed by atoms with E-state index in [2.05, 4.69) is 36.5 Å². The minimum absolute atomic E-state index is 0.0615. The quantitative estimate of drug-likeness (QED) is 0.609. The molecule has 0 saturated carbocycles. The Labute approximate surface area is 161 Å². The minimum atomic E-state index is -0.520. The van der Waals surface area contributed by atoms with Gasteiger partial charge in [-0.2, -0.15) is 0 Å². The lowest BCUT2D eigenvalue weighted by Crippen LogP contribution is -2.39. The highest BCUT2D eigenvalue weighted by Gasteiger charge is 2.21. The van der Waals surface area contributed by atoms with Gasteiger partial charge in [0.05, 0.1) is 6.04 Å². The number of rotatable bonds is 7. The molecule has 1 N–H and O–H groups in total. The molecule has 140 valence electrons. The first-order valence-corrected chi connectivity index (χ1v) is 9.66. The molecule has 2 atom stereocenters. The number of aryl methyl sites for hydroxylation is 1. The summed E-state index contributed by atoms with van der Waals surface area (Å²) < 4.78 is 6.10. The van der Waals surface area contributed by atoms with Crippen LogP contribution in [0.4, 0.5) is 0 Å². The van der Waals surface area contributed by atoms with Gasteiger partial charge in [0.15, 0.2) is 6.10 Å². The van der Waals surface area contributed by atoms with Crippen LogP contribution in [0.2, 0.25) is 0 Å². The number of benzene rings is 3. The Morgan fingerprint density at radius 3 is 2.37 bits per heavy atom. The van der Waals surface area contributed by atoms with Crippen molar-refractivity contribution in [2.24, 2.45) is 0 Å². The lowest BCUT2D eigenvalue weighted by atomic mass is 10.0. The third kappa shape index (κ3) is 4.48. The van der Waals surface area contributed by atoms with E-state index in [1.807, 2.05) is 56.3 Å². The Morgan fingerprint density at radius 2 is 1.67 bits per heavy atom. The topological polar surface area (TPSA) is 38.3 Å². The van der Waals surface area contributed by atoms with Crippen molar-refractivity contribution in [2.75, 3.05) is 0 Å². The molecule has 0 radical (unpaired) electrons. The van der Waals surface area contributed by atoms with Gasteiger partial charge in [0, 0.05) is 5.39 Å². The van der Waals surface area contributed by atoms with E-state index < -0.39 is 6.10 Å². The van der Waals surface area contributed by atoms with Crippen LogP contribution in [0.25, 0.3) is 10.8 Å². The van der Waals surface area contributed by atoms with E-state index in [1.54, 1.807) is 0 Å². The van der Waals surface area contributed by atoms with Crippen LogP contribution in [-0.4, -0.2) is 12.0 Å². The van der Waals surface area contributed by atoms with Crippen molar-refractivity contribution in [3.05, 3.63) is 77.9 Å². The zero-order valence-electron chi connectivity index (χ0n) is 16.2. The molecule has 0 spiro atoms. The summed E-state index contributed by atoms with van der Waals surface area (Å²) in [6.45, 7) is 6.11. The van der Waals surface area contributed by atoms with E-state index in [0.29, 0.717) is 6.42 Å². The summed E-state index contributed by atoms with van der Waals surface area (Å²) in [6.07, 6.45) is 1.10. The molecule has 1 amide bonds. The standard InChI is InChI=1S/C24H27NO2/c1-4-18-13-15-19(16-14-18)17(3)25-24(26)22(5-2)27-23-12-8-10-20-9-6-7-11-21(20)23/h6-17,22H,4-5H2,1-3H3,(H,25,26)/t17-,22-/m0/s1. The zero-order chi connectivity index (χ0) is 19.2. The molecule has 3 aromatic rings. The molecular weight excluding hydrogens is 334 g/mol. The fourth-order valence-electron chi connectivity index (χ4n) is 3.21. The molecule has 0 fully saturated rings. The number of hydrogen-bond acceptors (Lipinski definition) is 2. The van der Waals surface area contributed by atoms with Crippen LogP contribution in [-0.2, 0) is 11.2 Å². The molecule has 0 bridgehead atoms. The zero-order valence-corrected chi connectivity index (χ0v) is 16.2. The van der Waals surface area contributed by atoms with Gasteiger partial charge in [-0.05, 0) is 42.3 Å². The molecule has 0 heterocycles. The van der Waals surface area contributed by atoms with Crippen LogP contribution in [0.15, 0.2) is 66.7 Å². The second-order valence-corrected chi connectivity index (χ2v) is 6.82. The molecular formula is C24H27NO2. The maximum atomic E-state index is 12.8. The van der Waals surface area contributed by atoms with Crippen molar-refractivity contribution in [1.29, 1.82) is 0 Å². The van der Waals surface area contributed by atoms with Crippen molar-refractivity contribution >= 4 is 16.7 Å². The Bertz CT molecular complexity index is 896. The maximum absolute atomic E-state index is 12.8. The molecule has 0 aliphatic carbocycles. The lowest BCUT2D eigenvalue weighted by molar-refractivity contribution is -0.128. The summed E-state index contributed by atoms with van der Waals surface area (Å²) in [4.78, 5) is 12.8. The van der Waals surface area contributed by atoms with Crippen molar-refractivity contribution in [1.82, 2.24) is 5.32 Å². The fourth-order valence-corrected chi connectivity index (χ4v) is 3.21. The summed E-state index contributed by atoms with van der Waals surface area (Å²) in [5.41, 5.74) is 2.39. The largest absolute Gasteiger partial charge is 0.480 e. The van der Waals surface area contributed by atoms with Gasteiger partial charge in [0.1, 0.15) is 5.75 Å². The smallest absolute Gasteiger partial charge is 0.261 e. The van der Waals surface area contributed by atoms with E-state index in [0.717, 1.165) is 28.5 Å². The molecule has 27 heavy (non-hydrogen) atoms. The molecule has 3 heteroatoms. The number of nitrogens with one attached hydrogen (secondary N) is 1. The first-order valence-electron chi connectivity index (χ1n) is 9.66. The Balaban J connectivity index is 1.71. The molecule has 3 rings (SSSR count). The molecule has 0 aliphatic rings. The van der Waals surface area contributed by atoms with Gasteiger partial charge in [0.2, 0.25) is 0 Å². The number of ether oxygens (including phenoxy) is 1. The Morgan fingerprint density at radius 1 is 0.963 bits per heavy atom. The van der Waals surface area contributed by atoms with Crippen LogP contribution in [0.5, 0.6) is 5.75 Å². The summed E-state index contributed by atoms with van der Waals surface area (Å²) in [5, 5.41) is 5.22. The third-order valence-corrected chi connectivity index (χ3v) is 4.93. The monoisotopic (exact) mass is 361 g/mol. The van der Waals surface area contributed by atoms with E-state index in [9.17, 15) is 4.79 Å². The molecule has 3 nitrogen and oxygen atoms in total. The number of amides is 1. The van der Waals surface area contributed by atoms with Gasteiger partial charge < -0.3 is 10.1 Å². The molecule has 0 aliphatic heterocycles. The Kier molecular flexibility index (Phi) is 6.12. The highest BCUT2D eigenvalue weighted by Crippen LogP contribution is 2.26. The van der Waals surface area contributed by atoms with Gasteiger partial charge in [-0.1, -0.05) is 74.5 Å². The first-order chi connectivity index (χ1) is 13.1. The van der Waals surface area contributed by atoms with Crippen molar-refractivity contribution in [2.45, 2.75) is 45.8 Å². The maximum Gasteiger partial charge on any atom is 0.261 e. The fraction of sp³-hybridized carbons (Fsp3) is 0.292. The van der Waals surface area contributed by atoms with Gasteiger partial charge >= 0.3 is 0 Å². The van der Waals surface area contributed by atoms with Gasteiger partial charge in [-0.15, -0.1) is 0 Å². The van der Waals surface area contributed by atoms with Crippen LogP contribution < -0.4 is 10.1 Å². The second-order valence-electron chi connectivity index (χ2n) is 6.82. The number of carbonyl (C=O) groups excluding carboxylic acids is 1. The molecule has 0 saturated heterocycles. The third-order valence-electron chi connectivity index (χ3n) is 4.93. The average molecular weight is 361 g/mol. The highest BCUT2D eigenvalue weighted by atomic mass is 16.5. The van der Waals surface area contributed by atoms with E-state index >= 15 is 0 Å². The Hall–Kier alpha value is -2.81. The van der Waals surface area contributed by atoms with Gasteiger partial charge in [0.25, 0.3) is 5.91 Å². The summed E-state index contributed by atoms with van der Waals surface area (Å²) in [6, 6.07) is 22.3. The SMILES string of the molecule is CCc1ccc([C@H](C)NC(=O)[C@H](CC)Oc2cccc3ccccc23)cc1. The predicted octanol–water partition coefficient (Wildman–Crippen LogP) is 5.44. The number of hydrogen-bond donors (Lipinski definition) is 1. The minimum Gasteiger partial charge on any atom is -0.480 e. The second kappa shape index (κ2) is 8.72. The molecule has 3 aromatic carbocycles. The highest BCUT2D eigenvalue weighted by molar-refractivity contribution is 5.89. The van der Waals surface area contributed by atoms with Crippen molar-refractivity contribution in [3.8, 4) is 5.75 Å². The van der Waals surface area contributed by atoms with E-state index in [-0.39, 0.29) is 11.9 Å². The summed E-state index contributed by atoms with van der Waals surface area (Å²) >= 11 is 0. The molecule has 0 unspecified atom stereocenters. The summed E-state index contributed by atoms with van der Waals surface area (Å²) in [5.74, 6) is 0.660.